The summed E-state index contributed by atoms with van der Waals surface area (Å²) in [7, 11) is 0. The van der Waals surface area contributed by atoms with Gasteiger partial charge in [0.25, 0.3) is 0 Å². The number of fused-ring (bicyclic) bond motifs is 2. The highest BCUT2D eigenvalue weighted by Gasteiger charge is 2.17. The van der Waals surface area contributed by atoms with Gasteiger partial charge in [-0.15, -0.1) is 11.3 Å². The predicted octanol–water partition coefficient (Wildman–Crippen LogP) is 5.45. The van der Waals surface area contributed by atoms with Gasteiger partial charge in [-0.3, -0.25) is 0 Å². The quantitative estimate of drug-likeness (QED) is 0.516. The van der Waals surface area contributed by atoms with Crippen LogP contribution in [0.15, 0.2) is 48.1 Å². The molecule has 5 nitrogen and oxygen atoms in total. The number of anilines is 2. The molecular weight excluding hydrogens is 358 g/mol. The highest BCUT2D eigenvalue weighted by molar-refractivity contribution is 7.17. The van der Waals surface area contributed by atoms with E-state index in [1.807, 2.05) is 18.2 Å². The van der Waals surface area contributed by atoms with Gasteiger partial charge >= 0.3 is 0 Å². The average molecular weight is 375 g/mol. The van der Waals surface area contributed by atoms with Crippen LogP contribution in [0.25, 0.3) is 21.3 Å². The summed E-state index contributed by atoms with van der Waals surface area (Å²) in [4.78, 5) is 9.93. The number of benzene rings is 2. The molecule has 0 aliphatic carbocycles. The summed E-state index contributed by atoms with van der Waals surface area (Å²) in [6.07, 6.45) is 1.60. The van der Waals surface area contributed by atoms with Crippen LogP contribution in [0.4, 0.5) is 11.5 Å². The summed E-state index contributed by atoms with van der Waals surface area (Å²) in [6.45, 7) is 4.51. The summed E-state index contributed by atoms with van der Waals surface area (Å²) >= 11 is 1.63. The van der Waals surface area contributed by atoms with Gasteiger partial charge in [0.2, 0.25) is 6.79 Å². The first-order valence-corrected chi connectivity index (χ1v) is 9.53. The van der Waals surface area contributed by atoms with Gasteiger partial charge in [0.05, 0.1) is 5.39 Å². The molecule has 3 heterocycles. The molecule has 0 unspecified atom stereocenters. The minimum atomic E-state index is 0.262. The fourth-order valence-electron chi connectivity index (χ4n) is 3.39. The molecule has 5 rings (SSSR count). The molecular formula is C21H17N3O2S. The second kappa shape index (κ2) is 6.25. The Balaban J connectivity index is 1.62. The Kier molecular flexibility index (Phi) is 3.72. The normalized spacial score (nSPS) is 12.5. The number of rotatable bonds is 3. The van der Waals surface area contributed by atoms with E-state index in [0.717, 1.165) is 38.8 Å². The van der Waals surface area contributed by atoms with Crippen molar-refractivity contribution in [1.82, 2.24) is 9.97 Å². The van der Waals surface area contributed by atoms with Gasteiger partial charge in [0.15, 0.2) is 11.5 Å². The second-order valence-electron chi connectivity index (χ2n) is 6.56. The molecule has 1 aliphatic heterocycles. The maximum absolute atomic E-state index is 5.48. The van der Waals surface area contributed by atoms with E-state index in [0.29, 0.717) is 0 Å². The number of aryl methyl sites for hydroxylation is 2. The predicted molar refractivity (Wildman–Crippen MR) is 108 cm³/mol. The van der Waals surface area contributed by atoms with Crippen molar-refractivity contribution >= 4 is 33.1 Å². The van der Waals surface area contributed by atoms with Crippen molar-refractivity contribution in [1.29, 1.82) is 0 Å². The Hall–Kier alpha value is -3.12. The van der Waals surface area contributed by atoms with E-state index >= 15 is 0 Å². The molecule has 6 heteroatoms. The van der Waals surface area contributed by atoms with Crippen LogP contribution in [0.1, 0.15) is 11.1 Å². The van der Waals surface area contributed by atoms with E-state index in [-0.39, 0.29) is 6.79 Å². The lowest BCUT2D eigenvalue weighted by atomic mass is 9.99. The molecule has 134 valence electrons. The molecule has 1 N–H and O–H groups in total. The molecule has 0 spiro atoms. The molecule has 2 aromatic carbocycles. The third-order valence-electron chi connectivity index (χ3n) is 4.68. The molecule has 27 heavy (non-hydrogen) atoms. The Morgan fingerprint density at radius 3 is 2.74 bits per heavy atom. The molecule has 0 fully saturated rings. The zero-order valence-corrected chi connectivity index (χ0v) is 15.8. The maximum atomic E-state index is 5.48. The standard InChI is InChI=1S/C21H17N3O2S/c1-12-3-5-15(13(2)7-12)16-9-27-21-19(16)20(22-10-23-21)24-14-4-6-17-18(8-14)26-11-25-17/h3-10H,11H2,1-2H3,(H,22,23,24). The van der Waals surface area contributed by atoms with Gasteiger partial charge in [0, 0.05) is 22.7 Å². The molecule has 0 radical (unpaired) electrons. The van der Waals surface area contributed by atoms with Crippen molar-refractivity contribution in [3.8, 4) is 22.6 Å². The Morgan fingerprint density at radius 2 is 1.85 bits per heavy atom. The van der Waals surface area contributed by atoms with Crippen molar-refractivity contribution in [3.05, 3.63) is 59.2 Å². The largest absolute Gasteiger partial charge is 0.454 e. The summed E-state index contributed by atoms with van der Waals surface area (Å²) < 4.78 is 10.9. The van der Waals surface area contributed by atoms with E-state index in [2.05, 4.69) is 52.7 Å². The average Bonchev–Trinajstić information content (AvgIpc) is 3.29. The fraction of sp³-hybridized carbons (Fsp3) is 0.143. The van der Waals surface area contributed by atoms with Gasteiger partial charge in [-0.05, 0) is 37.1 Å². The van der Waals surface area contributed by atoms with Crippen LogP contribution in [-0.4, -0.2) is 16.8 Å². The van der Waals surface area contributed by atoms with Gasteiger partial charge in [0.1, 0.15) is 17.0 Å². The van der Waals surface area contributed by atoms with E-state index in [1.54, 1.807) is 17.7 Å². The minimum absolute atomic E-state index is 0.262. The van der Waals surface area contributed by atoms with Crippen LogP contribution in [0.5, 0.6) is 11.5 Å². The monoisotopic (exact) mass is 375 g/mol. The summed E-state index contributed by atoms with van der Waals surface area (Å²) in [5.74, 6) is 2.29. The van der Waals surface area contributed by atoms with Crippen LogP contribution in [0.3, 0.4) is 0 Å². The van der Waals surface area contributed by atoms with E-state index in [4.69, 9.17) is 9.47 Å². The molecule has 4 aromatic rings. The third-order valence-corrected chi connectivity index (χ3v) is 5.56. The van der Waals surface area contributed by atoms with Gasteiger partial charge < -0.3 is 14.8 Å². The van der Waals surface area contributed by atoms with Gasteiger partial charge in [-0.25, -0.2) is 9.97 Å². The first-order chi connectivity index (χ1) is 13.2. The topological polar surface area (TPSA) is 56.3 Å². The van der Waals surface area contributed by atoms with E-state index in [9.17, 15) is 0 Å². The lowest BCUT2D eigenvalue weighted by Gasteiger charge is -2.10. The number of hydrogen-bond donors (Lipinski definition) is 1. The number of nitrogens with zero attached hydrogens (tertiary/aromatic N) is 2. The van der Waals surface area contributed by atoms with E-state index in [1.165, 1.54) is 16.7 Å². The molecule has 0 bridgehead atoms. The van der Waals surface area contributed by atoms with Crippen LogP contribution in [0, 0.1) is 13.8 Å². The van der Waals surface area contributed by atoms with Crippen LogP contribution >= 0.6 is 11.3 Å². The van der Waals surface area contributed by atoms with Crippen molar-refractivity contribution < 1.29 is 9.47 Å². The van der Waals surface area contributed by atoms with Crippen molar-refractivity contribution in [2.45, 2.75) is 13.8 Å². The molecule has 0 amide bonds. The SMILES string of the molecule is Cc1ccc(-c2csc3ncnc(Nc4ccc5c(c4)OCO5)c23)c(C)c1. The molecule has 0 saturated carbocycles. The second-order valence-corrected chi connectivity index (χ2v) is 7.42. The number of aromatic nitrogens is 2. The number of nitrogens with one attached hydrogen (secondary N) is 1. The van der Waals surface area contributed by atoms with Crippen molar-refractivity contribution in [3.63, 3.8) is 0 Å². The Morgan fingerprint density at radius 1 is 0.963 bits per heavy atom. The molecule has 1 aliphatic rings. The van der Waals surface area contributed by atoms with Crippen LogP contribution in [-0.2, 0) is 0 Å². The number of ether oxygens (including phenoxy) is 2. The summed E-state index contributed by atoms with van der Waals surface area (Å²) in [5, 5.41) is 6.61. The molecule has 0 saturated heterocycles. The lowest BCUT2D eigenvalue weighted by Crippen LogP contribution is -1.96. The Labute approximate surface area is 160 Å². The maximum Gasteiger partial charge on any atom is 0.231 e. The molecule has 2 aromatic heterocycles. The van der Waals surface area contributed by atoms with Gasteiger partial charge in [-0.2, -0.15) is 0 Å². The van der Waals surface area contributed by atoms with E-state index < -0.39 is 0 Å². The highest BCUT2D eigenvalue weighted by Crippen LogP contribution is 2.40. The fourth-order valence-corrected chi connectivity index (χ4v) is 4.30. The number of thiophene rings is 1. The third kappa shape index (κ3) is 2.78. The summed E-state index contributed by atoms with van der Waals surface area (Å²) in [6, 6.07) is 12.3. The Bertz CT molecular complexity index is 1170. The minimum Gasteiger partial charge on any atom is -0.454 e. The van der Waals surface area contributed by atoms with Crippen LogP contribution in [0.2, 0.25) is 0 Å². The highest BCUT2D eigenvalue weighted by atomic mass is 32.1. The van der Waals surface area contributed by atoms with Crippen molar-refractivity contribution in [2.24, 2.45) is 0 Å². The zero-order valence-electron chi connectivity index (χ0n) is 14.9. The first kappa shape index (κ1) is 16.1. The zero-order chi connectivity index (χ0) is 18.4. The molecule has 0 atom stereocenters. The smallest absolute Gasteiger partial charge is 0.231 e. The number of hydrogen-bond acceptors (Lipinski definition) is 6. The summed E-state index contributed by atoms with van der Waals surface area (Å²) in [5.41, 5.74) is 5.75. The lowest BCUT2D eigenvalue weighted by molar-refractivity contribution is 0.174. The first-order valence-electron chi connectivity index (χ1n) is 8.65. The van der Waals surface area contributed by atoms with Crippen molar-refractivity contribution in [2.75, 3.05) is 12.1 Å². The van der Waals surface area contributed by atoms with Gasteiger partial charge in [-0.1, -0.05) is 23.8 Å². The van der Waals surface area contributed by atoms with Crippen LogP contribution < -0.4 is 14.8 Å².